The van der Waals surface area contributed by atoms with Crippen molar-refractivity contribution >= 4 is 22.4 Å². The molecule has 0 amide bonds. The first kappa shape index (κ1) is 25.4. The zero-order chi connectivity index (χ0) is 27.7. The van der Waals surface area contributed by atoms with Crippen molar-refractivity contribution < 1.29 is 9.21 Å². The second-order valence-corrected chi connectivity index (χ2v) is 15.7. The standard InChI is InChI=1S/C36H46N2O3/c1-34-14-15-36(20-22(34)7-8-24-27-9-10-29(39)35(27,2)13-11-28(24)34)30-23(12-16-37-36)26-19-21-5-3-17-38-18-4-6-25(31(21)38)32(26)41-33(30)40/h19,22,24,27-28,37H,3-18,20H2,1-2H3/t22-,24?,27?,28?,34-,35-,36+/m0/s1. The lowest BCUT2D eigenvalue weighted by Gasteiger charge is -2.62. The summed E-state index contributed by atoms with van der Waals surface area (Å²) in [6.07, 6.45) is 15.4. The summed E-state index contributed by atoms with van der Waals surface area (Å²) < 4.78 is 6.42. The Balaban J connectivity index is 1.11. The summed E-state index contributed by atoms with van der Waals surface area (Å²) >= 11 is 0. The minimum Gasteiger partial charge on any atom is -0.422 e. The molecule has 0 saturated heterocycles. The molecule has 5 nitrogen and oxygen atoms in total. The molecule has 1 N–H and O–H groups in total. The predicted octanol–water partition coefficient (Wildman–Crippen LogP) is 6.44. The van der Waals surface area contributed by atoms with E-state index in [2.05, 4.69) is 30.1 Å². The van der Waals surface area contributed by atoms with Crippen molar-refractivity contribution in [2.75, 3.05) is 24.5 Å². The van der Waals surface area contributed by atoms with Gasteiger partial charge in [-0.2, -0.15) is 0 Å². The van der Waals surface area contributed by atoms with E-state index in [1.54, 1.807) is 0 Å². The first-order valence-electron chi connectivity index (χ1n) is 17.0. The molecule has 7 aliphatic rings. The molecule has 2 aromatic rings. The maximum Gasteiger partial charge on any atom is 0.341 e. The molecule has 9 rings (SSSR count). The summed E-state index contributed by atoms with van der Waals surface area (Å²) in [7, 11) is 0. The number of carbonyl (C=O) groups is 1. The lowest BCUT2D eigenvalue weighted by atomic mass is 9.43. The van der Waals surface area contributed by atoms with Crippen molar-refractivity contribution in [1.82, 2.24) is 5.32 Å². The summed E-state index contributed by atoms with van der Waals surface area (Å²) in [5, 5.41) is 5.21. The fourth-order valence-corrected chi connectivity index (χ4v) is 12.3. The molecule has 218 valence electrons. The van der Waals surface area contributed by atoms with Crippen LogP contribution in [0.2, 0.25) is 0 Å². The Kier molecular flexibility index (Phi) is 5.25. The minimum atomic E-state index is -0.259. The number of anilines is 1. The Hall–Kier alpha value is -2.14. The van der Waals surface area contributed by atoms with Gasteiger partial charge in [-0.15, -0.1) is 0 Å². The normalized spacial score (nSPS) is 41.0. The number of nitrogens with zero attached hydrogens (tertiary/aromatic N) is 1. The van der Waals surface area contributed by atoms with Gasteiger partial charge < -0.3 is 14.6 Å². The van der Waals surface area contributed by atoms with Gasteiger partial charge >= 0.3 is 5.63 Å². The highest BCUT2D eigenvalue weighted by molar-refractivity contribution is 5.91. The Morgan fingerprint density at radius 2 is 1.76 bits per heavy atom. The Morgan fingerprint density at radius 1 is 0.902 bits per heavy atom. The van der Waals surface area contributed by atoms with Crippen molar-refractivity contribution in [1.29, 1.82) is 0 Å². The van der Waals surface area contributed by atoms with Gasteiger partial charge in [-0.25, -0.2) is 4.79 Å². The third kappa shape index (κ3) is 3.23. The topological polar surface area (TPSA) is 62.6 Å². The van der Waals surface area contributed by atoms with E-state index in [1.165, 1.54) is 59.9 Å². The average molecular weight is 555 g/mol. The molecule has 4 aliphatic carbocycles. The summed E-state index contributed by atoms with van der Waals surface area (Å²) in [6, 6.07) is 2.42. The quantitative estimate of drug-likeness (QED) is 0.380. The summed E-state index contributed by atoms with van der Waals surface area (Å²) in [4.78, 5) is 29.5. The lowest BCUT2D eigenvalue weighted by Crippen LogP contribution is -2.60. The van der Waals surface area contributed by atoms with Crippen LogP contribution in [0.4, 0.5) is 5.69 Å². The van der Waals surface area contributed by atoms with Crippen LogP contribution in [0.25, 0.3) is 11.0 Å². The number of nitrogens with one attached hydrogen (secondary N) is 1. The molecule has 4 fully saturated rings. The van der Waals surface area contributed by atoms with E-state index >= 15 is 0 Å². The average Bonchev–Trinajstić information content (AvgIpc) is 3.28. The summed E-state index contributed by atoms with van der Waals surface area (Å²) in [6.45, 7) is 8.10. The van der Waals surface area contributed by atoms with Crippen LogP contribution in [-0.4, -0.2) is 25.4 Å². The third-order valence-corrected chi connectivity index (χ3v) is 14.3. The van der Waals surface area contributed by atoms with Crippen molar-refractivity contribution in [2.24, 2.45) is 34.5 Å². The third-order valence-electron chi connectivity index (χ3n) is 14.3. The van der Waals surface area contributed by atoms with Gasteiger partial charge in [-0.05, 0) is 130 Å². The van der Waals surface area contributed by atoms with E-state index in [9.17, 15) is 9.59 Å². The first-order valence-corrected chi connectivity index (χ1v) is 17.0. The van der Waals surface area contributed by atoms with E-state index in [-0.39, 0.29) is 16.6 Å². The van der Waals surface area contributed by atoms with E-state index in [0.717, 1.165) is 94.5 Å². The van der Waals surface area contributed by atoms with Crippen LogP contribution >= 0.6 is 0 Å². The summed E-state index contributed by atoms with van der Waals surface area (Å²) in [5.74, 6) is 3.18. The van der Waals surface area contributed by atoms with Gasteiger partial charge in [0.15, 0.2) is 0 Å². The molecular formula is C36H46N2O3. The molecule has 4 saturated carbocycles. The number of carbonyl (C=O) groups excluding carboxylic acids is 1. The molecule has 3 aliphatic heterocycles. The molecule has 41 heavy (non-hydrogen) atoms. The van der Waals surface area contributed by atoms with Crippen molar-refractivity contribution in [3.63, 3.8) is 0 Å². The number of ketones is 1. The van der Waals surface area contributed by atoms with Crippen LogP contribution in [0, 0.1) is 34.5 Å². The highest BCUT2D eigenvalue weighted by Crippen LogP contribution is 2.67. The molecule has 7 atom stereocenters. The van der Waals surface area contributed by atoms with Crippen LogP contribution in [0.5, 0.6) is 0 Å². The van der Waals surface area contributed by atoms with Crippen molar-refractivity contribution in [3.05, 3.63) is 38.7 Å². The van der Waals surface area contributed by atoms with Crippen LogP contribution in [0.3, 0.4) is 0 Å². The molecule has 0 bridgehead atoms. The van der Waals surface area contributed by atoms with Crippen molar-refractivity contribution in [3.8, 4) is 0 Å². The van der Waals surface area contributed by atoms with Crippen LogP contribution in [-0.2, 0) is 29.6 Å². The number of rotatable bonds is 0. The molecule has 1 spiro atoms. The molecule has 1 aromatic carbocycles. The molecular weight excluding hydrogens is 508 g/mol. The summed E-state index contributed by atoms with van der Waals surface area (Å²) in [5.41, 5.74) is 7.27. The number of hydrogen-bond donors (Lipinski definition) is 1. The lowest BCUT2D eigenvalue weighted by molar-refractivity contribution is -0.142. The van der Waals surface area contributed by atoms with E-state index in [4.69, 9.17) is 4.42 Å². The van der Waals surface area contributed by atoms with Gasteiger partial charge in [0, 0.05) is 48.1 Å². The number of fused-ring (bicyclic) bond motifs is 10. The van der Waals surface area contributed by atoms with Gasteiger partial charge in [0.25, 0.3) is 0 Å². The molecule has 3 unspecified atom stereocenters. The highest BCUT2D eigenvalue weighted by Gasteiger charge is 2.62. The first-order chi connectivity index (χ1) is 19.8. The van der Waals surface area contributed by atoms with Crippen LogP contribution < -0.4 is 15.8 Å². The zero-order valence-electron chi connectivity index (χ0n) is 25.1. The maximum atomic E-state index is 14.1. The Morgan fingerprint density at radius 3 is 2.63 bits per heavy atom. The monoisotopic (exact) mass is 554 g/mol. The van der Waals surface area contributed by atoms with Gasteiger partial charge in [0.2, 0.25) is 0 Å². The fourth-order valence-electron chi connectivity index (χ4n) is 12.3. The maximum absolute atomic E-state index is 14.1. The zero-order valence-corrected chi connectivity index (χ0v) is 25.1. The highest BCUT2D eigenvalue weighted by atomic mass is 16.4. The van der Waals surface area contributed by atoms with Gasteiger partial charge in [0.1, 0.15) is 11.4 Å². The van der Waals surface area contributed by atoms with Crippen LogP contribution in [0.15, 0.2) is 15.3 Å². The molecule has 4 heterocycles. The number of aryl methyl sites for hydroxylation is 2. The Labute approximate surface area is 243 Å². The fraction of sp³-hybridized carbons (Fsp3) is 0.722. The van der Waals surface area contributed by atoms with Crippen LogP contribution in [0.1, 0.15) is 107 Å². The molecule has 1 aromatic heterocycles. The number of Topliss-reactive ketones (excluding diaryl/α,β-unsaturated/α-hetero) is 1. The largest absolute Gasteiger partial charge is 0.422 e. The van der Waals surface area contributed by atoms with E-state index < -0.39 is 0 Å². The number of benzene rings is 1. The number of hydrogen-bond acceptors (Lipinski definition) is 5. The predicted molar refractivity (Wildman–Crippen MR) is 161 cm³/mol. The molecule has 0 radical (unpaired) electrons. The Bertz CT molecular complexity index is 1540. The molecule has 5 heteroatoms. The van der Waals surface area contributed by atoms with E-state index in [0.29, 0.717) is 29.0 Å². The minimum absolute atomic E-state index is 0.0559. The van der Waals surface area contributed by atoms with Gasteiger partial charge in [-0.1, -0.05) is 13.8 Å². The van der Waals surface area contributed by atoms with Crippen molar-refractivity contribution in [2.45, 2.75) is 109 Å². The van der Waals surface area contributed by atoms with Gasteiger partial charge in [-0.3, -0.25) is 4.79 Å². The smallest absolute Gasteiger partial charge is 0.341 e. The van der Waals surface area contributed by atoms with Gasteiger partial charge in [0.05, 0.1) is 11.1 Å². The second kappa shape index (κ2) is 8.49. The van der Waals surface area contributed by atoms with E-state index in [1.807, 2.05) is 0 Å². The second-order valence-electron chi connectivity index (χ2n) is 15.7. The SMILES string of the molecule is C[C@]12CCC3C(CC[C@H]4C[C@@]5(CC[C@]34C)NCCc3c5c(=O)oc4c5c6c(cc34)CCCN6CCC5)C1CCC2=O.